The number of nitrogens with zero attached hydrogens (tertiary/aromatic N) is 2. The Morgan fingerprint density at radius 1 is 0.850 bits per heavy atom. The van der Waals surface area contributed by atoms with Crippen molar-refractivity contribution in [2.45, 2.75) is 0 Å². The fourth-order valence-electron chi connectivity index (χ4n) is 1.27. The Balaban J connectivity index is 1.77. The maximum Gasteiger partial charge on any atom is 0.178 e. The summed E-state index contributed by atoms with van der Waals surface area (Å²) in [6.45, 7) is 0. The second-order valence-corrected chi connectivity index (χ2v) is 5.48. The molecule has 0 bridgehead atoms. The van der Waals surface area contributed by atoms with Crippen LogP contribution in [0.2, 0.25) is 0 Å². The average Bonchev–Trinajstić information content (AvgIpc) is 3.13. The molecule has 0 unspecified atom stereocenters. The maximum absolute atomic E-state index is 11.5. The summed E-state index contributed by atoms with van der Waals surface area (Å²) in [5, 5.41) is 0. The highest BCUT2D eigenvalue weighted by atomic mass is 32.1. The molecule has 0 aromatic carbocycles. The lowest BCUT2D eigenvalue weighted by atomic mass is 10.3. The smallest absolute Gasteiger partial charge is 0.178 e. The molecular weight excluding hydrogens is 288 g/mol. The van der Waals surface area contributed by atoms with Gasteiger partial charge in [0.15, 0.2) is 5.78 Å². The van der Waals surface area contributed by atoms with Crippen LogP contribution in [0, 0.1) is 0 Å². The first-order valence-corrected chi connectivity index (χ1v) is 7.61. The van der Waals surface area contributed by atoms with Crippen molar-refractivity contribution in [2.75, 3.05) is 0 Å². The lowest BCUT2D eigenvalue weighted by Gasteiger charge is -1.81. The van der Waals surface area contributed by atoms with Gasteiger partial charge in [-0.15, -0.1) is 22.7 Å². The van der Waals surface area contributed by atoms with Crippen LogP contribution in [0.1, 0.15) is 9.75 Å². The van der Waals surface area contributed by atoms with Crippen molar-refractivity contribution in [1.82, 2.24) is 9.97 Å². The molecule has 0 aliphatic heterocycles. The number of hydrogen-bond acceptors (Lipinski definition) is 5. The molecule has 2 aromatic rings. The van der Waals surface area contributed by atoms with Crippen LogP contribution in [0.3, 0.4) is 0 Å². The summed E-state index contributed by atoms with van der Waals surface area (Å²) in [4.78, 5) is 21.5. The quantitative estimate of drug-likeness (QED) is 0.598. The van der Waals surface area contributed by atoms with Crippen molar-refractivity contribution < 1.29 is 4.79 Å². The molecule has 0 spiro atoms. The molecule has 2 aromatic heterocycles. The molecule has 0 atom stereocenters. The summed E-state index contributed by atoms with van der Waals surface area (Å²) in [5.74, 6) is -0.0482. The Kier molecular flexibility index (Phi) is 5.82. The van der Waals surface area contributed by atoms with Gasteiger partial charge < -0.3 is 0 Å². The normalized spacial score (nSPS) is 12.4. The number of thiazole rings is 2. The molecule has 0 N–H and O–H groups in total. The van der Waals surface area contributed by atoms with Crippen LogP contribution in [0.5, 0.6) is 0 Å². The minimum absolute atomic E-state index is 0.0482. The molecule has 0 fully saturated rings. The number of carbonyl (C=O) groups excluding carboxylic acids is 1. The Labute approximate surface area is 125 Å². The molecule has 100 valence electrons. The largest absolute Gasteiger partial charge is 0.290 e. The Morgan fingerprint density at radius 2 is 1.35 bits per heavy atom. The minimum atomic E-state index is -0.0482. The monoisotopic (exact) mass is 300 g/mol. The fourth-order valence-corrected chi connectivity index (χ4v) is 2.32. The maximum atomic E-state index is 11.5. The minimum Gasteiger partial charge on any atom is -0.290 e. The summed E-state index contributed by atoms with van der Waals surface area (Å²) in [5.41, 5.74) is 3.54. The van der Waals surface area contributed by atoms with E-state index in [-0.39, 0.29) is 5.78 Å². The van der Waals surface area contributed by atoms with Crippen LogP contribution in [0.15, 0.2) is 59.9 Å². The number of carbonyl (C=O) groups is 1. The highest BCUT2D eigenvalue weighted by Crippen LogP contribution is 2.08. The van der Waals surface area contributed by atoms with E-state index in [0.29, 0.717) is 0 Å². The molecular formula is C15H12N2OS2. The lowest BCUT2D eigenvalue weighted by Crippen LogP contribution is -1.82. The van der Waals surface area contributed by atoms with E-state index >= 15 is 0 Å². The fraction of sp³-hybridized carbons (Fsp3) is 0. The van der Waals surface area contributed by atoms with Crippen LogP contribution in [-0.4, -0.2) is 15.8 Å². The highest BCUT2D eigenvalue weighted by Gasteiger charge is 1.87. The summed E-state index contributed by atoms with van der Waals surface area (Å²) in [6, 6.07) is 0. The SMILES string of the molecule is O=C(/C=C/C=C/c1cncs1)/C=C/C=C/c1cncs1. The van der Waals surface area contributed by atoms with E-state index in [9.17, 15) is 4.79 Å². The zero-order chi connectivity index (χ0) is 14.0. The summed E-state index contributed by atoms with van der Waals surface area (Å²) in [6.07, 6.45) is 17.5. The van der Waals surface area contributed by atoms with E-state index < -0.39 is 0 Å². The van der Waals surface area contributed by atoms with E-state index in [0.717, 1.165) is 9.75 Å². The first-order valence-electron chi connectivity index (χ1n) is 5.85. The van der Waals surface area contributed by atoms with Crippen LogP contribution in [0.4, 0.5) is 0 Å². The number of aromatic nitrogens is 2. The number of ketones is 1. The summed E-state index contributed by atoms with van der Waals surface area (Å²) < 4.78 is 0. The van der Waals surface area contributed by atoms with Gasteiger partial charge in [-0.25, -0.2) is 0 Å². The Morgan fingerprint density at radius 3 is 1.75 bits per heavy atom. The van der Waals surface area contributed by atoms with E-state index in [1.165, 1.54) is 12.2 Å². The van der Waals surface area contributed by atoms with E-state index in [1.807, 2.05) is 24.3 Å². The zero-order valence-electron chi connectivity index (χ0n) is 10.5. The van der Waals surface area contributed by atoms with Crippen LogP contribution in [-0.2, 0) is 4.79 Å². The molecule has 3 nitrogen and oxygen atoms in total. The third-order valence-corrected chi connectivity index (χ3v) is 3.65. The van der Waals surface area contributed by atoms with Crippen LogP contribution < -0.4 is 0 Å². The number of hydrogen-bond donors (Lipinski definition) is 0. The average molecular weight is 300 g/mol. The van der Waals surface area contributed by atoms with Gasteiger partial charge in [0, 0.05) is 22.1 Å². The summed E-state index contributed by atoms with van der Waals surface area (Å²) in [7, 11) is 0. The van der Waals surface area contributed by atoms with Crippen molar-refractivity contribution in [3.63, 3.8) is 0 Å². The van der Waals surface area contributed by atoms with Crippen molar-refractivity contribution in [3.8, 4) is 0 Å². The second-order valence-electron chi connectivity index (χ2n) is 3.65. The van der Waals surface area contributed by atoms with Gasteiger partial charge in [-0.2, -0.15) is 0 Å². The third kappa shape index (κ3) is 5.26. The van der Waals surface area contributed by atoms with Gasteiger partial charge in [0.25, 0.3) is 0 Å². The highest BCUT2D eigenvalue weighted by molar-refractivity contribution is 7.10. The molecule has 2 rings (SSSR count). The number of rotatable bonds is 6. The number of allylic oxidation sites excluding steroid dienone is 6. The molecule has 0 amide bonds. The second kappa shape index (κ2) is 8.14. The standard InChI is InChI=1S/C15H12N2OS2/c18-13(5-1-3-7-14-9-16-11-19-14)6-2-4-8-15-10-17-12-20-15/h1-12H/b5-1+,6-2+,7-3+,8-4+. The van der Waals surface area contributed by atoms with Gasteiger partial charge in [0.2, 0.25) is 0 Å². The molecule has 5 heteroatoms. The summed E-state index contributed by atoms with van der Waals surface area (Å²) >= 11 is 3.11. The zero-order valence-corrected chi connectivity index (χ0v) is 12.2. The van der Waals surface area contributed by atoms with Gasteiger partial charge in [0.1, 0.15) is 0 Å². The van der Waals surface area contributed by atoms with Crippen molar-refractivity contribution in [2.24, 2.45) is 0 Å². The van der Waals surface area contributed by atoms with Crippen LogP contribution in [0.25, 0.3) is 12.2 Å². The van der Waals surface area contributed by atoms with Crippen molar-refractivity contribution >= 4 is 40.6 Å². The topological polar surface area (TPSA) is 42.9 Å². The van der Waals surface area contributed by atoms with E-state index in [1.54, 1.807) is 58.2 Å². The molecule has 20 heavy (non-hydrogen) atoms. The van der Waals surface area contributed by atoms with Gasteiger partial charge in [-0.3, -0.25) is 14.8 Å². The van der Waals surface area contributed by atoms with Crippen molar-refractivity contribution in [1.29, 1.82) is 0 Å². The Bertz CT molecular complexity index is 579. The molecule has 0 saturated carbocycles. The van der Waals surface area contributed by atoms with Gasteiger partial charge in [0.05, 0.1) is 11.0 Å². The van der Waals surface area contributed by atoms with Gasteiger partial charge in [-0.1, -0.05) is 24.3 Å². The molecule has 2 heterocycles. The first kappa shape index (κ1) is 14.3. The first-order chi connectivity index (χ1) is 9.84. The van der Waals surface area contributed by atoms with E-state index in [2.05, 4.69) is 9.97 Å². The van der Waals surface area contributed by atoms with E-state index in [4.69, 9.17) is 0 Å². The molecule has 0 aliphatic carbocycles. The predicted molar refractivity (Wildman–Crippen MR) is 85.6 cm³/mol. The molecule has 0 saturated heterocycles. The Hall–Kier alpha value is -2.11. The predicted octanol–water partition coefficient (Wildman–Crippen LogP) is 4.01. The van der Waals surface area contributed by atoms with Gasteiger partial charge in [-0.05, 0) is 24.3 Å². The third-order valence-electron chi connectivity index (χ3n) is 2.17. The van der Waals surface area contributed by atoms with Crippen LogP contribution >= 0.6 is 22.7 Å². The van der Waals surface area contributed by atoms with Gasteiger partial charge >= 0.3 is 0 Å². The lowest BCUT2D eigenvalue weighted by molar-refractivity contribution is -0.110. The molecule has 0 aliphatic rings. The van der Waals surface area contributed by atoms with Crippen molar-refractivity contribution in [3.05, 3.63) is 69.6 Å². The molecule has 0 radical (unpaired) electrons.